The molecule has 4 aliphatic carbocycles. The summed E-state index contributed by atoms with van der Waals surface area (Å²) >= 11 is 9.35. The average Bonchev–Trinajstić information content (AvgIpc) is 0.775. The van der Waals surface area contributed by atoms with Crippen LogP contribution in [-0.2, 0) is 96.2 Å². The minimum Gasteiger partial charge on any atom is -0.508 e. The summed E-state index contributed by atoms with van der Waals surface area (Å²) in [6.07, 6.45) is 1.27. The summed E-state index contributed by atoms with van der Waals surface area (Å²) in [6.45, 7) is 0. The fourth-order valence-corrected chi connectivity index (χ4v) is 17.1. The molecule has 16 aromatic rings. The Bertz CT molecular complexity index is 6280. The van der Waals surface area contributed by atoms with Crippen molar-refractivity contribution >= 4 is 74.4 Å². The maximum Gasteiger partial charge on any atom is 0.229 e. The summed E-state index contributed by atoms with van der Waals surface area (Å²) in [7, 11) is 0. The SMILES string of the molecule is O=C(Cc1ccc(Br)cc1)Nc1nc2c(nc1C(O)c1ccccc1)-c1ccc(O)cc1CC2.O=C(Cc1ccc(Cl)cc1)Nc1nc2c(nc1C(O)c1ccccc1)-c1ccc(O)cc1CC2.O=C(Cc1ccc(F)cc1)Nc1nc2c(nc1C(O)c1ccccc1)-c1ccc(O)cc1CC2.O=C(Cc1ccc(O)cc1)Nc1nc2c(nc1C(O)c1ccccc1)-c1ccc(O)cc1CC2. The largest absolute Gasteiger partial charge is 0.508 e. The number of carbonyl (C=O) groups excluding carboxylic acids is 4. The van der Waals surface area contributed by atoms with Gasteiger partial charge in [-0.1, -0.05) is 197 Å². The zero-order valence-electron chi connectivity index (χ0n) is 72.9. The summed E-state index contributed by atoms with van der Waals surface area (Å²) < 4.78 is 14.1. The van der Waals surface area contributed by atoms with Crippen LogP contribution >= 0.6 is 27.5 Å². The molecule has 20 rings (SSSR count). The Morgan fingerprint density at radius 1 is 0.294 bits per heavy atom. The molecular formula is C108H89BrClFN12O13. The van der Waals surface area contributed by atoms with Gasteiger partial charge < -0.3 is 67.2 Å². The van der Waals surface area contributed by atoms with E-state index in [1.807, 2.05) is 121 Å². The third kappa shape index (κ3) is 22.0. The minimum absolute atomic E-state index is 0.0298. The van der Waals surface area contributed by atoms with Crippen LogP contribution in [0.15, 0.2) is 296 Å². The molecule has 680 valence electrons. The van der Waals surface area contributed by atoms with Gasteiger partial charge in [0.05, 0.1) is 71.2 Å². The number of aryl methyl sites for hydroxylation is 8. The van der Waals surface area contributed by atoms with Crippen LogP contribution in [-0.4, -0.2) is 109 Å². The quantitative estimate of drug-likeness (QED) is 0.0337. The molecule has 0 fully saturated rings. The van der Waals surface area contributed by atoms with Crippen molar-refractivity contribution in [2.24, 2.45) is 0 Å². The summed E-state index contributed by atoms with van der Waals surface area (Å²) in [5.41, 5.74) is 19.5. The van der Waals surface area contributed by atoms with E-state index in [4.69, 9.17) is 51.5 Å². The van der Waals surface area contributed by atoms with Crippen LogP contribution in [0, 0.1) is 5.82 Å². The van der Waals surface area contributed by atoms with Gasteiger partial charge in [-0.3, -0.25) is 19.2 Å². The molecule has 0 spiro atoms. The molecule has 4 aromatic heterocycles. The molecule has 0 aliphatic heterocycles. The van der Waals surface area contributed by atoms with E-state index in [-0.39, 0.29) is 130 Å². The number of fused-ring (bicyclic) bond motifs is 12. The Balaban J connectivity index is 0.000000126. The van der Waals surface area contributed by atoms with Crippen LogP contribution < -0.4 is 21.3 Å². The zero-order valence-corrected chi connectivity index (χ0v) is 75.2. The molecule has 28 heteroatoms. The van der Waals surface area contributed by atoms with Gasteiger partial charge in [0.1, 0.15) is 81.8 Å². The monoisotopic (exact) mass is 1890 g/mol. The number of rotatable bonds is 20. The van der Waals surface area contributed by atoms with Crippen molar-refractivity contribution in [2.75, 3.05) is 21.3 Å². The van der Waals surface area contributed by atoms with Crippen molar-refractivity contribution in [1.82, 2.24) is 39.9 Å². The van der Waals surface area contributed by atoms with E-state index in [0.717, 1.165) is 82.8 Å². The number of aliphatic hydroxyl groups excluding tert-OH is 4. The van der Waals surface area contributed by atoms with E-state index in [1.54, 1.807) is 146 Å². The van der Waals surface area contributed by atoms with Crippen molar-refractivity contribution in [1.29, 1.82) is 0 Å². The van der Waals surface area contributed by atoms with Crippen molar-refractivity contribution in [2.45, 2.75) is 101 Å². The van der Waals surface area contributed by atoms with Crippen LogP contribution in [0.1, 0.15) is 137 Å². The van der Waals surface area contributed by atoms with Gasteiger partial charge in [-0.2, -0.15) is 0 Å². The highest BCUT2D eigenvalue weighted by Gasteiger charge is 2.33. The first-order chi connectivity index (χ1) is 65.9. The number of hydrogen-bond donors (Lipinski definition) is 13. The number of nitrogens with zero attached hydrogens (tertiary/aromatic N) is 8. The first kappa shape index (κ1) is 92.2. The van der Waals surface area contributed by atoms with E-state index in [2.05, 4.69) is 37.2 Å². The number of hydrogen-bond acceptors (Lipinski definition) is 21. The second kappa shape index (κ2) is 41.7. The van der Waals surface area contributed by atoms with Crippen molar-refractivity contribution in [3.05, 3.63) is 419 Å². The van der Waals surface area contributed by atoms with Crippen LogP contribution in [0.4, 0.5) is 27.7 Å². The first-order valence-corrected chi connectivity index (χ1v) is 45.1. The molecule has 13 N–H and O–H groups in total. The number of aromatic hydroxyl groups is 5. The second-order valence-corrected chi connectivity index (χ2v) is 34.4. The number of nitrogens with one attached hydrogen (secondary N) is 4. The molecule has 136 heavy (non-hydrogen) atoms. The van der Waals surface area contributed by atoms with E-state index in [9.17, 15) is 69.5 Å². The molecule has 25 nitrogen and oxygen atoms in total. The summed E-state index contributed by atoms with van der Waals surface area (Å²) in [5.74, 6) is 0.327. The Labute approximate surface area is 794 Å². The minimum atomic E-state index is -1.11. The highest BCUT2D eigenvalue weighted by atomic mass is 79.9. The number of halogens is 3. The normalized spacial score (nSPS) is 13.0. The van der Waals surface area contributed by atoms with E-state index >= 15 is 0 Å². The van der Waals surface area contributed by atoms with Gasteiger partial charge in [0.25, 0.3) is 0 Å². The van der Waals surface area contributed by atoms with Crippen molar-refractivity contribution in [3.8, 4) is 73.8 Å². The summed E-state index contributed by atoms with van der Waals surface area (Å²) in [5, 5.41) is 106. The lowest BCUT2D eigenvalue weighted by molar-refractivity contribution is -0.116. The van der Waals surface area contributed by atoms with Crippen molar-refractivity contribution < 1.29 is 69.5 Å². The molecular weight excluding hydrogens is 1810 g/mol. The summed E-state index contributed by atoms with van der Waals surface area (Å²) in [4.78, 5) is 89.5. The molecule has 4 aliphatic rings. The van der Waals surface area contributed by atoms with Crippen LogP contribution in [0.5, 0.6) is 28.7 Å². The Kier molecular flexibility index (Phi) is 28.3. The molecule has 0 radical (unpaired) electrons. The molecule has 0 saturated heterocycles. The highest BCUT2D eigenvalue weighted by Crippen LogP contribution is 2.43. The van der Waals surface area contributed by atoms with Crippen LogP contribution in [0.25, 0.3) is 45.0 Å². The maximum atomic E-state index is 13.2. The predicted octanol–water partition coefficient (Wildman–Crippen LogP) is 18.1. The topological polar surface area (TPSA) is 402 Å². The van der Waals surface area contributed by atoms with E-state index < -0.39 is 24.4 Å². The first-order valence-electron chi connectivity index (χ1n) is 44.0. The molecule has 4 amide bonds. The molecule has 12 aromatic carbocycles. The standard InChI is InChI=1S/C27H22BrN3O3.C27H22ClN3O3.C27H22FN3O3.C27H23N3O4/c3*28-19-9-6-16(7-10-19)14-23(33)30-27-25(26(34)17-4-2-1-3-5-17)31-24-21-12-11-20(32)15-18(21)8-13-22(24)29-27;31-19-9-6-16(7-10-19)14-23(33)29-27-25(26(34)17-4-2-1-3-5-17)30-24-21-12-11-20(32)15-18(21)8-13-22(24)28-27/h3*1-7,9-12,15,26,32,34H,8,13-14H2,(H,29,30,33);1-7,9-12,15,26,31-32,34H,8,13-14H2,(H,28,29,33). The number of aromatic nitrogens is 8. The van der Waals surface area contributed by atoms with Crippen molar-refractivity contribution in [3.63, 3.8) is 0 Å². The molecule has 4 heterocycles. The lowest BCUT2D eigenvalue weighted by atomic mass is 9.91. The average molecular weight is 1900 g/mol. The number of anilines is 4. The lowest BCUT2D eigenvalue weighted by Gasteiger charge is -2.23. The number of carbonyl (C=O) groups is 4. The number of phenolic OH excluding ortho intramolecular Hbond substituents is 5. The van der Waals surface area contributed by atoms with Crippen LogP contribution in [0.3, 0.4) is 0 Å². The smallest absolute Gasteiger partial charge is 0.229 e. The van der Waals surface area contributed by atoms with Gasteiger partial charge in [-0.25, -0.2) is 44.3 Å². The van der Waals surface area contributed by atoms with Gasteiger partial charge in [-0.15, -0.1) is 0 Å². The van der Waals surface area contributed by atoms with Gasteiger partial charge >= 0.3 is 0 Å². The molecule has 4 unspecified atom stereocenters. The number of amides is 4. The predicted molar refractivity (Wildman–Crippen MR) is 518 cm³/mol. The Hall–Kier alpha value is -15.6. The highest BCUT2D eigenvalue weighted by molar-refractivity contribution is 9.10. The lowest BCUT2D eigenvalue weighted by Crippen LogP contribution is -2.21. The molecule has 0 bridgehead atoms. The Morgan fingerprint density at radius 2 is 0.522 bits per heavy atom. The van der Waals surface area contributed by atoms with E-state index in [0.29, 0.717) is 113 Å². The van der Waals surface area contributed by atoms with Crippen LogP contribution in [0.2, 0.25) is 5.02 Å². The van der Waals surface area contributed by atoms with Gasteiger partial charge in [0.2, 0.25) is 23.6 Å². The third-order valence-corrected chi connectivity index (χ3v) is 24.3. The fraction of sp³-hybridized carbons (Fsp3) is 0.148. The molecule has 4 atom stereocenters. The third-order valence-electron chi connectivity index (χ3n) is 23.5. The zero-order chi connectivity index (χ0) is 94.6. The van der Waals surface area contributed by atoms with Gasteiger partial charge in [0, 0.05) is 31.7 Å². The summed E-state index contributed by atoms with van der Waals surface area (Å²) in [6, 6.07) is 83.8. The number of benzene rings is 12. The fourth-order valence-electron chi connectivity index (χ4n) is 16.7. The van der Waals surface area contributed by atoms with Gasteiger partial charge in [-0.05, 0) is 239 Å². The second-order valence-electron chi connectivity index (χ2n) is 33.1. The maximum absolute atomic E-state index is 13.2. The Morgan fingerprint density at radius 3 is 0.779 bits per heavy atom. The van der Waals surface area contributed by atoms with E-state index in [1.165, 1.54) is 24.3 Å². The number of aliphatic hydroxyl groups is 4. The number of phenols is 5. The molecule has 0 saturated carbocycles. The van der Waals surface area contributed by atoms with Gasteiger partial charge in [0.15, 0.2) is 23.3 Å².